The second-order valence-corrected chi connectivity index (χ2v) is 7.58. The zero-order chi connectivity index (χ0) is 27.5. The molecule has 8 nitrogen and oxygen atoms in total. The van der Waals surface area contributed by atoms with Crippen LogP contribution in [0.4, 0.5) is 17.3 Å². The zero-order valence-electron chi connectivity index (χ0n) is 21.3. The van der Waals surface area contributed by atoms with Crippen molar-refractivity contribution in [2.45, 2.75) is 12.8 Å². The van der Waals surface area contributed by atoms with Crippen LogP contribution in [-0.2, 0) is 17.1 Å². The minimum absolute atomic E-state index is 0. The fourth-order valence-corrected chi connectivity index (χ4v) is 2.85. The molecule has 0 amide bonds. The van der Waals surface area contributed by atoms with Gasteiger partial charge in [0.1, 0.15) is 11.5 Å². The van der Waals surface area contributed by atoms with Crippen molar-refractivity contribution in [2.24, 2.45) is 9.98 Å². The summed E-state index contributed by atoms with van der Waals surface area (Å²) in [7, 11) is -2.85. The number of halogens is 4. The summed E-state index contributed by atoms with van der Waals surface area (Å²) in [6.45, 7) is 4.79. The average molecular weight is 582 g/mol. The van der Waals surface area contributed by atoms with E-state index in [0.717, 1.165) is 39.0 Å². The van der Waals surface area contributed by atoms with Gasteiger partial charge in [0.2, 0.25) is 0 Å². The SMILES string of the molecule is COc1ccc([O-])c(C=NCCCNCCNCCCN=Cc2cc(OC)ccc2[O-])c1.F[B-](F)(F)F.[Mn+3]. The minimum atomic E-state index is -6.00. The van der Waals surface area contributed by atoms with E-state index < -0.39 is 7.25 Å². The number of ether oxygens (including phenoxy) is 2. The van der Waals surface area contributed by atoms with Crippen LogP contribution >= 0.6 is 0 Å². The van der Waals surface area contributed by atoms with E-state index in [1.807, 2.05) is 0 Å². The van der Waals surface area contributed by atoms with Crippen molar-refractivity contribution in [3.63, 3.8) is 0 Å². The number of hydrogen-bond acceptors (Lipinski definition) is 8. The quantitative estimate of drug-likeness (QED) is 0.145. The van der Waals surface area contributed by atoms with Crippen LogP contribution in [0, 0.1) is 0 Å². The van der Waals surface area contributed by atoms with Gasteiger partial charge in [-0.25, -0.2) is 0 Å². The first-order valence-electron chi connectivity index (χ1n) is 11.6. The van der Waals surface area contributed by atoms with E-state index in [0.29, 0.717) is 35.7 Å². The van der Waals surface area contributed by atoms with E-state index in [2.05, 4.69) is 20.6 Å². The molecule has 0 heterocycles. The molecule has 0 aliphatic heterocycles. The number of rotatable bonds is 15. The molecule has 0 unspecified atom stereocenters. The summed E-state index contributed by atoms with van der Waals surface area (Å²) < 4.78 is 49.2. The van der Waals surface area contributed by atoms with Crippen LogP contribution in [0.15, 0.2) is 46.4 Å². The molecule has 0 radical (unpaired) electrons. The van der Waals surface area contributed by atoms with Gasteiger partial charge in [-0.1, -0.05) is 23.6 Å². The van der Waals surface area contributed by atoms with Gasteiger partial charge >= 0.3 is 24.3 Å². The monoisotopic (exact) mass is 582 g/mol. The molecule has 210 valence electrons. The Labute approximate surface area is 231 Å². The van der Waals surface area contributed by atoms with Crippen LogP contribution in [0.5, 0.6) is 23.0 Å². The van der Waals surface area contributed by atoms with E-state index in [1.54, 1.807) is 50.9 Å². The fourth-order valence-electron chi connectivity index (χ4n) is 2.85. The first-order valence-corrected chi connectivity index (χ1v) is 11.6. The zero-order valence-corrected chi connectivity index (χ0v) is 22.5. The van der Waals surface area contributed by atoms with E-state index in [4.69, 9.17) is 9.47 Å². The number of methoxy groups -OCH3 is 2. The van der Waals surface area contributed by atoms with Crippen LogP contribution in [0.2, 0.25) is 0 Å². The Morgan fingerprint density at radius 1 is 0.737 bits per heavy atom. The van der Waals surface area contributed by atoms with Crippen molar-refractivity contribution >= 4 is 19.7 Å². The van der Waals surface area contributed by atoms with Gasteiger partial charge in [0.25, 0.3) is 0 Å². The summed E-state index contributed by atoms with van der Waals surface area (Å²) in [5.74, 6) is 1.20. The molecular weight excluding hydrogens is 550 g/mol. The molecule has 0 atom stereocenters. The van der Waals surface area contributed by atoms with Crippen molar-refractivity contribution < 1.29 is 54.0 Å². The number of nitrogens with one attached hydrogen (secondary N) is 2. The van der Waals surface area contributed by atoms with Crippen LogP contribution in [0.1, 0.15) is 24.0 Å². The maximum absolute atomic E-state index is 11.7. The summed E-state index contributed by atoms with van der Waals surface area (Å²) in [5.41, 5.74) is 1.09. The molecule has 0 saturated carbocycles. The van der Waals surface area contributed by atoms with E-state index in [9.17, 15) is 27.5 Å². The van der Waals surface area contributed by atoms with Crippen molar-refractivity contribution in [2.75, 3.05) is 53.5 Å². The van der Waals surface area contributed by atoms with Crippen molar-refractivity contribution in [1.82, 2.24) is 10.6 Å². The van der Waals surface area contributed by atoms with Crippen LogP contribution in [-0.4, -0.2) is 73.2 Å². The van der Waals surface area contributed by atoms with Crippen LogP contribution in [0.3, 0.4) is 0 Å². The number of nitrogens with zero attached hydrogens (tertiary/aromatic N) is 2. The Hall–Kier alpha value is -2.80. The summed E-state index contributed by atoms with van der Waals surface area (Å²) in [5, 5.41) is 30.2. The van der Waals surface area contributed by atoms with Crippen LogP contribution < -0.4 is 30.3 Å². The van der Waals surface area contributed by atoms with E-state index in [-0.39, 0.29) is 28.6 Å². The summed E-state index contributed by atoms with van der Waals surface area (Å²) >= 11 is 0. The van der Waals surface area contributed by atoms with Crippen molar-refractivity contribution in [3.8, 4) is 23.0 Å². The molecular formula is C24H32BF4MnN4O4. The third-order valence-electron chi connectivity index (χ3n) is 4.65. The van der Waals surface area contributed by atoms with Gasteiger partial charge < -0.3 is 47.6 Å². The molecule has 2 aromatic carbocycles. The molecule has 0 fully saturated rings. The number of hydrogen-bond donors (Lipinski definition) is 2. The second-order valence-electron chi connectivity index (χ2n) is 7.58. The van der Waals surface area contributed by atoms with E-state index >= 15 is 0 Å². The molecule has 0 aliphatic carbocycles. The van der Waals surface area contributed by atoms with Crippen LogP contribution in [0.25, 0.3) is 0 Å². The first-order chi connectivity index (χ1) is 17.6. The average Bonchev–Trinajstić information content (AvgIpc) is 2.85. The van der Waals surface area contributed by atoms with Crippen molar-refractivity contribution in [3.05, 3.63) is 47.5 Å². The maximum atomic E-state index is 11.7. The summed E-state index contributed by atoms with van der Waals surface area (Å²) in [6, 6.07) is 9.67. The first kappa shape index (κ1) is 35.2. The predicted octanol–water partition coefficient (Wildman–Crippen LogP) is 2.65. The van der Waals surface area contributed by atoms with Gasteiger partial charge in [0, 0.05) is 38.6 Å². The van der Waals surface area contributed by atoms with E-state index in [1.165, 1.54) is 12.1 Å². The Kier molecular flexibility index (Phi) is 18.7. The number of benzene rings is 2. The van der Waals surface area contributed by atoms with Gasteiger partial charge in [0.05, 0.1) is 14.2 Å². The fraction of sp³-hybridized carbons (Fsp3) is 0.417. The second kappa shape index (κ2) is 20.2. The largest absolute Gasteiger partial charge is 3.00 e. The smallest absolute Gasteiger partial charge is 0.872 e. The van der Waals surface area contributed by atoms with Gasteiger partial charge in [0.15, 0.2) is 0 Å². The van der Waals surface area contributed by atoms with Gasteiger partial charge in [-0.3, -0.25) is 9.98 Å². The molecule has 0 bridgehead atoms. The molecule has 14 heteroatoms. The number of aliphatic imine (C=N–C) groups is 2. The third kappa shape index (κ3) is 17.6. The molecule has 38 heavy (non-hydrogen) atoms. The predicted molar refractivity (Wildman–Crippen MR) is 135 cm³/mol. The minimum Gasteiger partial charge on any atom is -0.872 e. The van der Waals surface area contributed by atoms with Gasteiger partial charge in [-0.2, -0.15) is 0 Å². The standard InChI is InChI=1S/C24H34N4O4.BF4.Mn/c1-31-21-5-7-23(29)19(15-21)17-27-11-3-9-25-13-14-26-10-4-12-28-18-20-16-22(32-2)6-8-24(20)30;2-1(3,4)5;/h5-8,15-18,25-26,29-30H,3-4,9-14H2,1-2H3;;/q;-1;+3/p-2. The Morgan fingerprint density at radius 2 is 1.11 bits per heavy atom. The topological polar surface area (TPSA) is 113 Å². The molecule has 2 rings (SSSR count). The molecule has 0 saturated heterocycles. The Morgan fingerprint density at radius 3 is 1.45 bits per heavy atom. The summed E-state index contributed by atoms with van der Waals surface area (Å²) in [6.07, 6.45) is 5.02. The Balaban J connectivity index is 0.00000208. The normalized spacial score (nSPS) is 11.2. The van der Waals surface area contributed by atoms with Gasteiger partial charge in [-0.15, -0.1) is 0 Å². The molecule has 0 spiro atoms. The maximum Gasteiger partial charge on any atom is 3.00 e. The molecule has 2 N–H and O–H groups in total. The summed E-state index contributed by atoms with van der Waals surface area (Å²) in [4.78, 5) is 8.63. The van der Waals surface area contributed by atoms with Gasteiger partial charge in [-0.05, 0) is 61.3 Å². The molecule has 2 aromatic rings. The molecule has 0 aromatic heterocycles. The Bertz CT molecular complexity index is 907. The van der Waals surface area contributed by atoms with Crippen molar-refractivity contribution in [1.29, 1.82) is 0 Å². The molecule has 0 aliphatic rings. The third-order valence-corrected chi connectivity index (χ3v) is 4.65.